The predicted octanol–water partition coefficient (Wildman–Crippen LogP) is 1.95. The number of likely N-dealkylation sites (tertiary alicyclic amines) is 2. The van der Waals surface area contributed by atoms with Gasteiger partial charge in [-0.2, -0.15) is 0 Å². The van der Waals surface area contributed by atoms with Gasteiger partial charge in [-0.05, 0) is 50.2 Å². The summed E-state index contributed by atoms with van der Waals surface area (Å²) in [4.78, 5) is 33.2. The lowest BCUT2D eigenvalue weighted by Gasteiger charge is -2.38. The van der Waals surface area contributed by atoms with E-state index in [1.807, 2.05) is 4.90 Å². The van der Waals surface area contributed by atoms with Crippen LogP contribution in [0.5, 0.6) is 0 Å². The van der Waals surface area contributed by atoms with E-state index < -0.39 is 0 Å². The van der Waals surface area contributed by atoms with Crippen LogP contribution in [0.15, 0.2) is 24.5 Å². The van der Waals surface area contributed by atoms with Crippen molar-refractivity contribution in [2.24, 2.45) is 11.3 Å². The molecule has 2 aliphatic heterocycles. The zero-order valence-electron chi connectivity index (χ0n) is 13.4. The molecular formula is C18H23N3O2. The van der Waals surface area contributed by atoms with Crippen molar-refractivity contribution in [2.75, 3.05) is 26.2 Å². The van der Waals surface area contributed by atoms with Gasteiger partial charge in [0.05, 0.1) is 5.41 Å². The van der Waals surface area contributed by atoms with E-state index in [2.05, 4.69) is 9.88 Å². The molecule has 1 aromatic rings. The van der Waals surface area contributed by atoms with Crippen molar-refractivity contribution in [3.05, 3.63) is 30.1 Å². The molecular weight excluding hydrogens is 290 g/mol. The van der Waals surface area contributed by atoms with Crippen molar-refractivity contribution < 1.29 is 9.59 Å². The van der Waals surface area contributed by atoms with Crippen LogP contribution in [0.4, 0.5) is 0 Å². The molecule has 0 bridgehead atoms. The maximum absolute atomic E-state index is 12.8. The molecule has 23 heavy (non-hydrogen) atoms. The topological polar surface area (TPSA) is 53.5 Å². The fourth-order valence-corrected chi connectivity index (χ4v) is 3.96. The number of rotatable bonds is 3. The molecule has 2 saturated heterocycles. The fourth-order valence-electron chi connectivity index (χ4n) is 3.96. The van der Waals surface area contributed by atoms with Crippen LogP contribution in [-0.2, 0) is 4.79 Å². The van der Waals surface area contributed by atoms with E-state index in [-0.39, 0.29) is 11.3 Å². The van der Waals surface area contributed by atoms with Crippen molar-refractivity contribution in [2.45, 2.75) is 32.1 Å². The maximum atomic E-state index is 12.8. The minimum absolute atomic E-state index is 0.0579. The Morgan fingerprint density at radius 3 is 2.43 bits per heavy atom. The Labute approximate surface area is 136 Å². The highest BCUT2D eigenvalue weighted by Crippen LogP contribution is 2.43. The number of piperidine rings is 1. The molecule has 0 unspecified atom stereocenters. The predicted molar refractivity (Wildman–Crippen MR) is 85.7 cm³/mol. The van der Waals surface area contributed by atoms with E-state index in [1.165, 1.54) is 12.8 Å². The molecule has 0 atom stereocenters. The number of hydrogen-bond acceptors (Lipinski definition) is 3. The standard InChI is InChI=1S/C18H23N3O2/c22-16(15-3-8-19-9-4-15)20-10-5-18(6-11-20)7-12-21(17(18)23)13-14-1-2-14/h3-4,8-9,14H,1-2,5-7,10-13H2. The third kappa shape index (κ3) is 2.73. The highest BCUT2D eigenvalue weighted by molar-refractivity contribution is 5.94. The molecule has 3 fully saturated rings. The van der Waals surface area contributed by atoms with Crippen molar-refractivity contribution in [3.63, 3.8) is 0 Å². The van der Waals surface area contributed by atoms with Crippen molar-refractivity contribution >= 4 is 11.8 Å². The number of carbonyl (C=O) groups is 2. The van der Waals surface area contributed by atoms with Crippen LogP contribution in [0.25, 0.3) is 0 Å². The SMILES string of the molecule is O=C(c1ccncc1)N1CCC2(CC1)CCN(CC1CC1)C2=O. The van der Waals surface area contributed by atoms with Gasteiger partial charge < -0.3 is 9.80 Å². The number of nitrogens with zero attached hydrogens (tertiary/aromatic N) is 3. The molecule has 0 N–H and O–H groups in total. The van der Waals surface area contributed by atoms with E-state index in [1.54, 1.807) is 24.5 Å². The Hall–Kier alpha value is -1.91. The van der Waals surface area contributed by atoms with Gasteiger partial charge in [-0.3, -0.25) is 14.6 Å². The van der Waals surface area contributed by atoms with Crippen molar-refractivity contribution in [1.29, 1.82) is 0 Å². The van der Waals surface area contributed by atoms with E-state index in [0.29, 0.717) is 24.6 Å². The second-order valence-electron chi connectivity index (χ2n) is 7.25. The van der Waals surface area contributed by atoms with E-state index in [9.17, 15) is 9.59 Å². The molecule has 1 saturated carbocycles. The van der Waals surface area contributed by atoms with Gasteiger partial charge >= 0.3 is 0 Å². The summed E-state index contributed by atoms with van der Waals surface area (Å²) >= 11 is 0. The Balaban J connectivity index is 1.39. The first-order valence-corrected chi connectivity index (χ1v) is 8.67. The summed E-state index contributed by atoms with van der Waals surface area (Å²) in [6.07, 6.45) is 8.45. The summed E-state index contributed by atoms with van der Waals surface area (Å²) in [6.45, 7) is 3.24. The second kappa shape index (κ2) is 5.62. The average molecular weight is 313 g/mol. The molecule has 3 aliphatic rings. The van der Waals surface area contributed by atoms with Crippen LogP contribution in [-0.4, -0.2) is 52.8 Å². The molecule has 122 valence electrons. The first kappa shape index (κ1) is 14.7. The minimum Gasteiger partial charge on any atom is -0.342 e. The zero-order valence-corrected chi connectivity index (χ0v) is 13.4. The lowest BCUT2D eigenvalue weighted by molar-refractivity contribution is -0.138. The van der Waals surface area contributed by atoms with Crippen LogP contribution >= 0.6 is 0 Å². The van der Waals surface area contributed by atoms with Crippen molar-refractivity contribution in [3.8, 4) is 0 Å². The zero-order chi connectivity index (χ0) is 15.9. The fraction of sp³-hybridized carbons (Fsp3) is 0.611. The molecule has 5 nitrogen and oxygen atoms in total. The first-order chi connectivity index (χ1) is 11.2. The monoisotopic (exact) mass is 313 g/mol. The van der Waals surface area contributed by atoms with Gasteiger partial charge in [0.2, 0.25) is 5.91 Å². The van der Waals surface area contributed by atoms with Crippen molar-refractivity contribution in [1.82, 2.24) is 14.8 Å². The Morgan fingerprint density at radius 1 is 1.13 bits per heavy atom. The second-order valence-corrected chi connectivity index (χ2v) is 7.25. The van der Waals surface area contributed by atoms with E-state index in [0.717, 1.165) is 38.3 Å². The molecule has 2 amide bonds. The summed E-state index contributed by atoms with van der Waals surface area (Å²) in [7, 11) is 0. The van der Waals surface area contributed by atoms with E-state index in [4.69, 9.17) is 0 Å². The molecule has 0 radical (unpaired) electrons. The quantitative estimate of drug-likeness (QED) is 0.857. The van der Waals surface area contributed by atoms with Gasteiger partial charge in [-0.1, -0.05) is 0 Å². The summed E-state index contributed by atoms with van der Waals surface area (Å²) < 4.78 is 0. The van der Waals surface area contributed by atoms with E-state index >= 15 is 0 Å². The lowest BCUT2D eigenvalue weighted by Crippen LogP contribution is -2.46. The maximum Gasteiger partial charge on any atom is 0.253 e. The third-order valence-electron chi connectivity index (χ3n) is 5.71. The highest BCUT2D eigenvalue weighted by atomic mass is 16.2. The smallest absolute Gasteiger partial charge is 0.253 e. The molecule has 1 aromatic heterocycles. The summed E-state index contributed by atoms with van der Waals surface area (Å²) in [5.41, 5.74) is 0.494. The third-order valence-corrected chi connectivity index (χ3v) is 5.71. The normalized spacial score (nSPS) is 23.6. The van der Waals surface area contributed by atoms with Crippen LogP contribution in [0.3, 0.4) is 0 Å². The highest BCUT2D eigenvalue weighted by Gasteiger charge is 2.49. The largest absolute Gasteiger partial charge is 0.342 e. The Bertz CT molecular complexity index is 604. The number of pyridine rings is 1. The molecule has 0 aromatic carbocycles. The number of hydrogen-bond donors (Lipinski definition) is 0. The molecule has 3 heterocycles. The molecule has 1 aliphatic carbocycles. The summed E-state index contributed by atoms with van der Waals surface area (Å²) in [6, 6.07) is 3.51. The van der Waals surface area contributed by atoms with Gasteiger partial charge in [0.1, 0.15) is 0 Å². The van der Waals surface area contributed by atoms with Gasteiger partial charge in [-0.15, -0.1) is 0 Å². The number of amides is 2. The number of aromatic nitrogens is 1. The molecule has 5 heteroatoms. The van der Waals surface area contributed by atoms with Gasteiger partial charge in [-0.25, -0.2) is 0 Å². The molecule has 1 spiro atoms. The van der Waals surface area contributed by atoms with Crippen LogP contribution in [0.1, 0.15) is 42.5 Å². The first-order valence-electron chi connectivity index (χ1n) is 8.67. The van der Waals surface area contributed by atoms with Crippen LogP contribution in [0.2, 0.25) is 0 Å². The number of carbonyl (C=O) groups excluding carboxylic acids is 2. The van der Waals surface area contributed by atoms with Gasteiger partial charge in [0.25, 0.3) is 5.91 Å². The summed E-state index contributed by atoms with van der Waals surface area (Å²) in [5, 5.41) is 0. The van der Waals surface area contributed by atoms with Gasteiger partial charge in [0.15, 0.2) is 0 Å². The van der Waals surface area contributed by atoms with Crippen LogP contribution in [0, 0.1) is 11.3 Å². The average Bonchev–Trinajstić information content (AvgIpc) is 3.38. The summed E-state index contributed by atoms with van der Waals surface area (Å²) in [5.74, 6) is 1.16. The van der Waals surface area contributed by atoms with Gasteiger partial charge in [0, 0.05) is 44.1 Å². The molecule has 4 rings (SSSR count). The minimum atomic E-state index is -0.191. The van der Waals surface area contributed by atoms with Crippen LogP contribution < -0.4 is 0 Å². The lowest BCUT2D eigenvalue weighted by atomic mass is 9.77. The Kier molecular flexibility index (Phi) is 3.58. The Morgan fingerprint density at radius 2 is 1.78 bits per heavy atom.